The van der Waals surface area contributed by atoms with Gasteiger partial charge in [0.1, 0.15) is 0 Å². The fourth-order valence-electron chi connectivity index (χ4n) is 2.04. The highest BCUT2D eigenvalue weighted by Crippen LogP contribution is 2.38. The van der Waals surface area contributed by atoms with Gasteiger partial charge in [0.25, 0.3) is 0 Å². The molecule has 0 bridgehead atoms. The summed E-state index contributed by atoms with van der Waals surface area (Å²) in [5, 5.41) is 0. The molecule has 0 aromatic rings. The largest absolute Gasteiger partial charge is 0.0993 e. The Hall–Kier alpha value is -0.260. The maximum atomic E-state index is 4.24. The van der Waals surface area contributed by atoms with E-state index in [2.05, 4.69) is 41.2 Å². The van der Waals surface area contributed by atoms with E-state index in [0.717, 1.165) is 5.92 Å². The summed E-state index contributed by atoms with van der Waals surface area (Å²) in [6.07, 6.45) is 4.93. The van der Waals surface area contributed by atoms with Crippen molar-refractivity contribution in [3.05, 3.63) is 12.2 Å². The molecule has 1 atom stereocenters. The van der Waals surface area contributed by atoms with Gasteiger partial charge < -0.3 is 0 Å². The van der Waals surface area contributed by atoms with Crippen molar-refractivity contribution in [2.24, 2.45) is 11.3 Å². The normalized spacial score (nSPS) is 15.8. The maximum Gasteiger partial charge on any atom is -0.0119 e. The summed E-state index contributed by atoms with van der Waals surface area (Å²) in [5.74, 6) is 0.776. The van der Waals surface area contributed by atoms with Crippen LogP contribution in [0.5, 0.6) is 0 Å². The van der Waals surface area contributed by atoms with Gasteiger partial charge in [0, 0.05) is 0 Å². The molecule has 0 fully saturated rings. The highest BCUT2D eigenvalue weighted by molar-refractivity contribution is 5.08. The monoisotopic (exact) mass is 182 g/mol. The van der Waals surface area contributed by atoms with Gasteiger partial charge in [-0.1, -0.05) is 53.2 Å². The van der Waals surface area contributed by atoms with Crippen molar-refractivity contribution in [2.75, 3.05) is 0 Å². The average molecular weight is 182 g/mol. The minimum atomic E-state index is 0.379. The summed E-state index contributed by atoms with van der Waals surface area (Å²) < 4.78 is 0. The summed E-state index contributed by atoms with van der Waals surface area (Å²) in [5.41, 5.74) is 1.83. The molecular weight excluding hydrogens is 156 g/mol. The Kier molecular flexibility index (Phi) is 5.36. The molecule has 1 unspecified atom stereocenters. The maximum absolute atomic E-state index is 4.24. The highest BCUT2D eigenvalue weighted by atomic mass is 14.3. The smallest absolute Gasteiger partial charge is 0.0119 e. The summed E-state index contributed by atoms with van der Waals surface area (Å²) in [6, 6.07) is 0. The lowest BCUT2D eigenvalue weighted by atomic mass is 9.73. The van der Waals surface area contributed by atoms with Crippen molar-refractivity contribution < 1.29 is 0 Å². The Morgan fingerprint density at radius 2 is 1.85 bits per heavy atom. The van der Waals surface area contributed by atoms with E-state index in [1.54, 1.807) is 0 Å². The first-order chi connectivity index (χ1) is 5.96. The number of hydrogen-bond donors (Lipinski definition) is 0. The first-order valence-corrected chi connectivity index (χ1v) is 5.64. The van der Waals surface area contributed by atoms with E-state index in [4.69, 9.17) is 0 Å². The van der Waals surface area contributed by atoms with Crippen molar-refractivity contribution in [1.29, 1.82) is 0 Å². The molecule has 0 aromatic carbocycles. The second-order valence-electron chi connectivity index (χ2n) is 4.87. The molecular formula is C13H26. The molecule has 0 heteroatoms. The molecule has 0 aliphatic rings. The Bertz CT molecular complexity index is 155. The van der Waals surface area contributed by atoms with Gasteiger partial charge in [-0.3, -0.25) is 0 Å². The molecule has 0 saturated carbocycles. The summed E-state index contributed by atoms with van der Waals surface area (Å²) >= 11 is 0. The van der Waals surface area contributed by atoms with Crippen LogP contribution >= 0.6 is 0 Å². The van der Waals surface area contributed by atoms with Crippen LogP contribution in [0.25, 0.3) is 0 Å². The van der Waals surface area contributed by atoms with Crippen molar-refractivity contribution in [1.82, 2.24) is 0 Å². The van der Waals surface area contributed by atoms with Crippen LogP contribution in [0.4, 0.5) is 0 Å². The third-order valence-corrected chi connectivity index (χ3v) is 3.04. The Balaban J connectivity index is 4.33. The van der Waals surface area contributed by atoms with Gasteiger partial charge >= 0.3 is 0 Å². The zero-order valence-corrected chi connectivity index (χ0v) is 10.1. The Labute approximate surface area is 84.4 Å². The van der Waals surface area contributed by atoms with Crippen molar-refractivity contribution in [3.8, 4) is 0 Å². The third kappa shape index (κ3) is 3.97. The van der Waals surface area contributed by atoms with Crippen LogP contribution in [0.2, 0.25) is 0 Å². The SMILES string of the molecule is C=C(CCC)C(C)(CC)CC(C)C. The van der Waals surface area contributed by atoms with E-state index in [0.29, 0.717) is 5.41 Å². The quantitative estimate of drug-likeness (QED) is 0.517. The van der Waals surface area contributed by atoms with Gasteiger partial charge in [-0.2, -0.15) is 0 Å². The van der Waals surface area contributed by atoms with Crippen molar-refractivity contribution in [2.45, 2.75) is 60.3 Å². The first-order valence-electron chi connectivity index (χ1n) is 5.64. The minimum absolute atomic E-state index is 0.379. The molecule has 13 heavy (non-hydrogen) atoms. The molecule has 0 nitrogen and oxygen atoms in total. The third-order valence-electron chi connectivity index (χ3n) is 3.04. The topological polar surface area (TPSA) is 0 Å². The van der Waals surface area contributed by atoms with E-state index in [-0.39, 0.29) is 0 Å². The fourth-order valence-corrected chi connectivity index (χ4v) is 2.04. The van der Waals surface area contributed by atoms with Crippen LogP contribution in [0.3, 0.4) is 0 Å². The minimum Gasteiger partial charge on any atom is -0.0993 e. The molecule has 0 spiro atoms. The van der Waals surface area contributed by atoms with Gasteiger partial charge in [0.15, 0.2) is 0 Å². The number of rotatable bonds is 6. The standard InChI is InChI=1S/C13H26/c1-7-9-12(5)13(6,8-2)10-11(3)4/h11H,5,7-10H2,1-4,6H3. The second-order valence-corrected chi connectivity index (χ2v) is 4.87. The molecule has 0 aliphatic carbocycles. The van der Waals surface area contributed by atoms with Crippen LogP contribution in [-0.4, -0.2) is 0 Å². The van der Waals surface area contributed by atoms with Gasteiger partial charge in [0.05, 0.1) is 0 Å². The first kappa shape index (κ1) is 12.7. The van der Waals surface area contributed by atoms with Gasteiger partial charge in [-0.05, 0) is 30.6 Å². The summed E-state index contributed by atoms with van der Waals surface area (Å²) in [6.45, 7) is 15.7. The van der Waals surface area contributed by atoms with E-state index >= 15 is 0 Å². The molecule has 0 rings (SSSR count). The molecule has 0 aromatic heterocycles. The van der Waals surface area contributed by atoms with Gasteiger partial charge in [-0.25, -0.2) is 0 Å². The van der Waals surface area contributed by atoms with Gasteiger partial charge in [0.2, 0.25) is 0 Å². The van der Waals surface area contributed by atoms with E-state index in [9.17, 15) is 0 Å². The lowest BCUT2D eigenvalue weighted by Crippen LogP contribution is -2.20. The van der Waals surface area contributed by atoms with Crippen LogP contribution in [0, 0.1) is 11.3 Å². The molecule has 0 radical (unpaired) electrons. The number of hydrogen-bond acceptors (Lipinski definition) is 0. The van der Waals surface area contributed by atoms with Crippen LogP contribution in [0.1, 0.15) is 60.3 Å². The molecule has 0 N–H and O–H groups in total. The van der Waals surface area contributed by atoms with E-state index in [1.165, 1.54) is 31.3 Å². The molecule has 0 aliphatic heterocycles. The number of allylic oxidation sites excluding steroid dienone is 1. The Morgan fingerprint density at radius 3 is 2.15 bits per heavy atom. The fraction of sp³-hybridized carbons (Fsp3) is 0.846. The molecule has 0 heterocycles. The van der Waals surface area contributed by atoms with Gasteiger partial charge in [-0.15, -0.1) is 0 Å². The summed E-state index contributed by atoms with van der Waals surface area (Å²) in [4.78, 5) is 0. The Morgan fingerprint density at radius 1 is 1.31 bits per heavy atom. The van der Waals surface area contributed by atoms with Crippen LogP contribution < -0.4 is 0 Å². The lowest BCUT2D eigenvalue weighted by Gasteiger charge is -2.32. The second kappa shape index (κ2) is 5.47. The van der Waals surface area contributed by atoms with E-state index in [1.807, 2.05) is 0 Å². The average Bonchev–Trinajstić information content (AvgIpc) is 2.03. The zero-order valence-electron chi connectivity index (χ0n) is 10.1. The summed E-state index contributed by atoms with van der Waals surface area (Å²) in [7, 11) is 0. The zero-order chi connectivity index (χ0) is 10.5. The highest BCUT2D eigenvalue weighted by Gasteiger charge is 2.25. The predicted molar refractivity (Wildman–Crippen MR) is 61.9 cm³/mol. The van der Waals surface area contributed by atoms with Crippen LogP contribution in [-0.2, 0) is 0 Å². The van der Waals surface area contributed by atoms with Crippen LogP contribution in [0.15, 0.2) is 12.2 Å². The molecule has 0 amide bonds. The molecule has 78 valence electrons. The predicted octanol–water partition coefficient (Wildman–Crippen LogP) is 4.81. The van der Waals surface area contributed by atoms with E-state index < -0.39 is 0 Å². The molecule has 0 saturated heterocycles. The van der Waals surface area contributed by atoms with Crippen molar-refractivity contribution >= 4 is 0 Å². The lowest BCUT2D eigenvalue weighted by molar-refractivity contribution is 0.293. The van der Waals surface area contributed by atoms with Crippen molar-refractivity contribution in [3.63, 3.8) is 0 Å².